The molecule has 0 atom stereocenters. The highest BCUT2D eigenvalue weighted by atomic mass is 16.6. The van der Waals surface area contributed by atoms with Crippen LogP contribution in [0.15, 0.2) is 51.7 Å². The van der Waals surface area contributed by atoms with Crippen LogP contribution in [0, 0.1) is 6.92 Å². The molecule has 0 saturated heterocycles. The number of hydrogen-bond acceptors (Lipinski definition) is 6. The fourth-order valence-corrected chi connectivity index (χ4v) is 2.90. The monoisotopic (exact) mass is 352 g/mol. The van der Waals surface area contributed by atoms with E-state index in [0.29, 0.717) is 36.0 Å². The zero-order valence-corrected chi connectivity index (χ0v) is 14.1. The van der Waals surface area contributed by atoms with E-state index in [0.717, 1.165) is 16.5 Å². The van der Waals surface area contributed by atoms with Crippen molar-refractivity contribution in [2.24, 2.45) is 0 Å². The lowest BCUT2D eigenvalue weighted by molar-refractivity contribution is -0.133. The number of hydrogen-bond donors (Lipinski definition) is 0. The summed E-state index contributed by atoms with van der Waals surface area (Å²) < 4.78 is 21.5. The summed E-state index contributed by atoms with van der Waals surface area (Å²) in [6.07, 6.45) is 0.0897. The Labute approximate surface area is 148 Å². The average Bonchev–Trinajstić information content (AvgIpc) is 2.61. The molecule has 132 valence electrons. The summed E-state index contributed by atoms with van der Waals surface area (Å²) in [5, 5.41) is 0.802. The van der Waals surface area contributed by atoms with Gasteiger partial charge in [-0.25, -0.2) is 4.79 Å². The van der Waals surface area contributed by atoms with Crippen LogP contribution in [0.4, 0.5) is 0 Å². The number of benzene rings is 2. The highest BCUT2D eigenvalue weighted by molar-refractivity contribution is 5.83. The van der Waals surface area contributed by atoms with Gasteiger partial charge in [0.2, 0.25) is 0 Å². The van der Waals surface area contributed by atoms with E-state index in [-0.39, 0.29) is 6.42 Å². The van der Waals surface area contributed by atoms with E-state index in [1.165, 1.54) is 6.07 Å². The second-order valence-electron chi connectivity index (χ2n) is 6.04. The van der Waals surface area contributed by atoms with Crippen LogP contribution in [0.1, 0.15) is 11.1 Å². The maximum absolute atomic E-state index is 12.2. The van der Waals surface area contributed by atoms with Crippen LogP contribution in [0.5, 0.6) is 17.2 Å². The smallest absolute Gasteiger partial charge is 0.336 e. The maximum atomic E-state index is 12.2. The minimum Gasteiger partial charge on any atom is -0.486 e. The predicted octanol–water partition coefficient (Wildman–Crippen LogP) is 3.02. The van der Waals surface area contributed by atoms with Gasteiger partial charge in [0.05, 0.1) is 6.42 Å². The Morgan fingerprint density at radius 3 is 2.69 bits per heavy atom. The van der Waals surface area contributed by atoms with Crippen LogP contribution < -0.4 is 19.8 Å². The Bertz CT molecular complexity index is 1050. The lowest BCUT2D eigenvalue weighted by atomic mass is 10.1. The van der Waals surface area contributed by atoms with Gasteiger partial charge in [0.15, 0.2) is 11.5 Å². The zero-order chi connectivity index (χ0) is 18.1. The molecule has 0 N–H and O–H groups in total. The zero-order valence-electron chi connectivity index (χ0n) is 14.1. The normalized spacial score (nSPS) is 12.8. The average molecular weight is 352 g/mol. The summed E-state index contributed by atoms with van der Waals surface area (Å²) in [4.78, 5) is 23.7. The molecule has 2 aromatic carbocycles. The second-order valence-corrected chi connectivity index (χ2v) is 6.04. The number of esters is 1. The summed E-state index contributed by atoms with van der Waals surface area (Å²) in [5.74, 6) is 1.21. The molecule has 0 saturated carbocycles. The molecule has 3 aromatic rings. The fraction of sp³-hybridized carbons (Fsp3) is 0.200. The van der Waals surface area contributed by atoms with Gasteiger partial charge in [-0.05, 0) is 42.3 Å². The molecule has 4 rings (SSSR count). The maximum Gasteiger partial charge on any atom is 0.336 e. The molecular weight excluding hydrogens is 336 g/mol. The van der Waals surface area contributed by atoms with Gasteiger partial charge in [-0.3, -0.25) is 4.79 Å². The van der Waals surface area contributed by atoms with E-state index in [2.05, 4.69) is 0 Å². The van der Waals surface area contributed by atoms with Crippen molar-refractivity contribution >= 4 is 16.9 Å². The molecule has 0 bridgehead atoms. The molecule has 0 unspecified atom stereocenters. The minimum absolute atomic E-state index is 0.0897. The van der Waals surface area contributed by atoms with Crippen LogP contribution in [0.25, 0.3) is 11.0 Å². The van der Waals surface area contributed by atoms with Crippen molar-refractivity contribution in [1.29, 1.82) is 0 Å². The summed E-state index contributed by atoms with van der Waals surface area (Å²) in [6.45, 7) is 2.83. The van der Waals surface area contributed by atoms with Crippen molar-refractivity contribution in [3.8, 4) is 17.2 Å². The van der Waals surface area contributed by atoms with Gasteiger partial charge in [-0.2, -0.15) is 0 Å². The quantitative estimate of drug-likeness (QED) is 0.410. The molecule has 0 aliphatic carbocycles. The Morgan fingerprint density at radius 1 is 1.04 bits per heavy atom. The van der Waals surface area contributed by atoms with Crippen LogP contribution in [-0.4, -0.2) is 19.2 Å². The topological polar surface area (TPSA) is 75.0 Å². The summed E-state index contributed by atoms with van der Waals surface area (Å²) in [5.41, 5.74) is 1.53. The number of carbonyl (C=O) groups excluding carboxylic acids is 1. The van der Waals surface area contributed by atoms with E-state index >= 15 is 0 Å². The molecule has 0 spiro atoms. The van der Waals surface area contributed by atoms with Crippen molar-refractivity contribution in [3.63, 3.8) is 0 Å². The molecule has 2 heterocycles. The Balaban J connectivity index is 1.51. The molecule has 26 heavy (non-hydrogen) atoms. The Morgan fingerprint density at radius 2 is 1.85 bits per heavy atom. The van der Waals surface area contributed by atoms with Gasteiger partial charge >= 0.3 is 11.6 Å². The summed E-state index contributed by atoms with van der Waals surface area (Å²) in [7, 11) is 0. The SMILES string of the molecule is Cc1cc(=O)oc2cc(OC(=O)Cc3ccc4c(c3)OCCO4)ccc12. The van der Waals surface area contributed by atoms with Gasteiger partial charge in [-0.15, -0.1) is 0 Å². The first-order valence-corrected chi connectivity index (χ1v) is 8.22. The Kier molecular flexibility index (Phi) is 4.08. The van der Waals surface area contributed by atoms with Crippen molar-refractivity contribution < 1.29 is 23.4 Å². The van der Waals surface area contributed by atoms with Crippen LogP contribution in [0.3, 0.4) is 0 Å². The van der Waals surface area contributed by atoms with Crippen LogP contribution in [0.2, 0.25) is 0 Å². The van der Waals surface area contributed by atoms with E-state index in [9.17, 15) is 9.59 Å². The largest absolute Gasteiger partial charge is 0.486 e. The molecule has 1 aromatic heterocycles. The standard InChI is InChI=1S/C20H16O6/c1-12-8-19(21)26-17-11-14(3-4-15(12)17)25-20(22)10-13-2-5-16-18(9-13)24-7-6-23-16/h2-5,8-9,11H,6-7,10H2,1H3. The van der Waals surface area contributed by atoms with Crippen LogP contribution >= 0.6 is 0 Å². The third kappa shape index (κ3) is 3.26. The summed E-state index contributed by atoms with van der Waals surface area (Å²) >= 11 is 0. The van der Waals surface area contributed by atoms with Gasteiger partial charge in [-0.1, -0.05) is 6.07 Å². The lowest BCUT2D eigenvalue weighted by Crippen LogP contribution is -2.16. The van der Waals surface area contributed by atoms with Crippen molar-refractivity contribution in [2.45, 2.75) is 13.3 Å². The highest BCUT2D eigenvalue weighted by Crippen LogP contribution is 2.31. The van der Waals surface area contributed by atoms with Gasteiger partial charge in [0.25, 0.3) is 0 Å². The first-order chi connectivity index (χ1) is 12.6. The first kappa shape index (κ1) is 16.2. The molecule has 6 heteroatoms. The number of carbonyl (C=O) groups is 1. The van der Waals surface area contributed by atoms with E-state index in [4.69, 9.17) is 18.6 Å². The van der Waals surface area contributed by atoms with E-state index < -0.39 is 11.6 Å². The number of ether oxygens (including phenoxy) is 3. The fourth-order valence-electron chi connectivity index (χ4n) is 2.90. The molecule has 1 aliphatic rings. The van der Waals surface area contributed by atoms with Gasteiger partial charge in [0.1, 0.15) is 24.5 Å². The van der Waals surface area contributed by atoms with E-state index in [1.54, 1.807) is 36.4 Å². The van der Waals surface area contributed by atoms with Crippen molar-refractivity contribution in [1.82, 2.24) is 0 Å². The molecule has 6 nitrogen and oxygen atoms in total. The lowest BCUT2D eigenvalue weighted by Gasteiger charge is -2.18. The molecule has 0 fully saturated rings. The van der Waals surface area contributed by atoms with Crippen molar-refractivity contribution in [2.75, 3.05) is 13.2 Å². The predicted molar refractivity (Wildman–Crippen MR) is 94.0 cm³/mol. The van der Waals surface area contributed by atoms with Gasteiger partial charge in [0, 0.05) is 17.5 Å². The summed E-state index contributed by atoms with van der Waals surface area (Å²) in [6, 6.07) is 11.8. The number of rotatable bonds is 3. The molecule has 0 radical (unpaired) electrons. The van der Waals surface area contributed by atoms with Crippen LogP contribution in [-0.2, 0) is 11.2 Å². The minimum atomic E-state index is -0.435. The van der Waals surface area contributed by atoms with Crippen molar-refractivity contribution in [3.05, 3.63) is 64.0 Å². The number of fused-ring (bicyclic) bond motifs is 2. The highest BCUT2D eigenvalue weighted by Gasteiger charge is 2.14. The third-order valence-corrected chi connectivity index (χ3v) is 4.11. The van der Waals surface area contributed by atoms with E-state index in [1.807, 2.05) is 6.92 Å². The molecule has 1 aliphatic heterocycles. The molecule has 0 amide bonds. The first-order valence-electron chi connectivity index (χ1n) is 8.22. The Hall–Kier alpha value is -3.28. The molecular formula is C20H16O6. The number of aryl methyl sites for hydroxylation is 1. The second kappa shape index (κ2) is 6.55. The third-order valence-electron chi connectivity index (χ3n) is 4.11. The van der Waals surface area contributed by atoms with Gasteiger partial charge < -0.3 is 18.6 Å².